The molecule has 0 saturated carbocycles. The first-order chi connectivity index (χ1) is 8.45. The minimum Gasteiger partial charge on any atom is -0.465 e. The largest absolute Gasteiger partial charge is 0.465 e. The minimum absolute atomic E-state index is 0.260. The molecule has 0 spiro atoms. The van der Waals surface area contributed by atoms with Crippen LogP contribution in [0.3, 0.4) is 0 Å². The van der Waals surface area contributed by atoms with Gasteiger partial charge in [0.2, 0.25) is 11.8 Å². The van der Waals surface area contributed by atoms with Gasteiger partial charge in [0.1, 0.15) is 4.88 Å². The summed E-state index contributed by atoms with van der Waals surface area (Å²) in [6.07, 6.45) is -0.260. The Balaban J connectivity index is 2.73. The van der Waals surface area contributed by atoms with Gasteiger partial charge in [0.15, 0.2) is 0 Å². The van der Waals surface area contributed by atoms with E-state index in [1.807, 2.05) is 0 Å². The molecule has 0 bridgehead atoms. The maximum atomic E-state index is 11.6. The number of primary amides is 1. The molecule has 98 valence electrons. The molecular formula is C10H13N3O4S. The quantitative estimate of drug-likeness (QED) is 0.633. The smallest absolute Gasteiger partial charge is 0.350 e. The topological polar surface area (TPSA) is 125 Å². The maximum absolute atomic E-state index is 11.6. The first-order valence-corrected chi connectivity index (χ1v) is 5.84. The highest BCUT2D eigenvalue weighted by Crippen LogP contribution is 2.23. The lowest BCUT2D eigenvalue weighted by molar-refractivity contribution is -0.123. The number of hydrogen-bond acceptors (Lipinski definition) is 6. The van der Waals surface area contributed by atoms with Crippen LogP contribution in [0, 0.1) is 0 Å². The SMILES string of the molecule is COC(=O)c1sccc1NC(=O)C(N)CC(N)=O. The van der Waals surface area contributed by atoms with E-state index < -0.39 is 23.8 Å². The highest BCUT2D eigenvalue weighted by atomic mass is 32.1. The summed E-state index contributed by atoms with van der Waals surface area (Å²) in [4.78, 5) is 33.9. The zero-order chi connectivity index (χ0) is 13.7. The van der Waals surface area contributed by atoms with Crippen molar-refractivity contribution < 1.29 is 19.1 Å². The number of anilines is 1. The van der Waals surface area contributed by atoms with Crippen molar-refractivity contribution in [1.29, 1.82) is 0 Å². The van der Waals surface area contributed by atoms with Gasteiger partial charge in [-0.2, -0.15) is 0 Å². The van der Waals surface area contributed by atoms with E-state index in [2.05, 4.69) is 10.1 Å². The average molecular weight is 271 g/mol. The van der Waals surface area contributed by atoms with Gasteiger partial charge in [-0.05, 0) is 11.4 Å². The highest BCUT2D eigenvalue weighted by Gasteiger charge is 2.20. The monoisotopic (exact) mass is 271 g/mol. The number of hydrogen-bond donors (Lipinski definition) is 3. The lowest BCUT2D eigenvalue weighted by atomic mass is 10.2. The molecule has 0 aliphatic carbocycles. The summed E-state index contributed by atoms with van der Waals surface area (Å²) in [7, 11) is 1.24. The van der Waals surface area contributed by atoms with Crippen molar-refractivity contribution in [2.45, 2.75) is 12.5 Å². The van der Waals surface area contributed by atoms with Crippen molar-refractivity contribution in [3.8, 4) is 0 Å². The molecule has 1 aromatic rings. The van der Waals surface area contributed by atoms with E-state index in [0.29, 0.717) is 5.69 Å². The Morgan fingerprint density at radius 1 is 1.50 bits per heavy atom. The van der Waals surface area contributed by atoms with Crippen LogP contribution in [0.15, 0.2) is 11.4 Å². The van der Waals surface area contributed by atoms with E-state index in [1.165, 1.54) is 7.11 Å². The zero-order valence-corrected chi connectivity index (χ0v) is 10.5. The Labute approximate surface area is 107 Å². The van der Waals surface area contributed by atoms with Crippen molar-refractivity contribution in [2.75, 3.05) is 12.4 Å². The van der Waals surface area contributed by atoms with Crippen LogP contribution in [0.25, 0.3) is 0 Å². The molecule has 5 N–H and O–H groups in total. The number of rotatable bonds is 5. The molecule has 0 saturated heterocycles. The molecule has 8 heteroatoms. The van der Waals surface area contributed by atoms with Crippen LogP contribution in [0.2, 0.25) is 0 Å². The standard InChI is InChI=1S/C10H13N3O4S/c1-17-10(16)8-6(2-3-18-8)13-9(15)5(11)4-7(12)14/h2-3,5H,4,11H2,1H3,(H2,12,14)(H,13,15). The minimum atomic E-state index is -1.05. The Hall–Kier alpha value is -1.93. The molecule has 0 aliphatic rings. The van der Waals surface area contributed by atoms with Gasteiger partial charge in [-0.15, -0.1) is 11.3 Å². The second-order valence-corrected chi connectivity index (χ2v) is 4.34. The molecule has 0 aromatic carbocycles. The van der Waals surface area contributed by atoms with Gasteiger partial charge in [0.25, 0.3) is 0 Å². The number of nitrogens with one attached hydrogen (secondary N) is 1. The summed E-state index contributed by atoms with van der Waals surface area (Å²) in [5.41, 5.74) is 10.7. The van der Waals surface area contributed by atoms with Gasteiger partial charge in [-0.1, -0.05) is 0 Å². The first kappa shape index (κ1) is 14.1. The van der Waals surface area contributed by atoms with E-state index in [1.54, 1.807) is 11.4 Å². The van der Waals surface area contributed by atoms with Gasteiger partial charge < -0.3 is 21.5 Å². The van der Waals surface area contributed by atoms with Crippen molar-refractivity contribution in [1.82, 2.24) is 0 Å². The summed E-state index contributed by atoms with van der Waals surface area (Å²) in [5, 5.41) is 4.08. The molecule has 0 aliphatic heterocycles. The molecule has 18 heavy (non-hydrogen) atoms. The molecule has 1 rings (SSSR count). The predicted octanol–water partition coefficient (Wildman–Crippen LogP) is -0.324. The number of thiophene rings is 1. The maximum Gasteiger partial charge on any atom is 0.350 e. The van der Waals surface area contributed by atoms with Crippen molar-refractivity contribution >= 4 is 34.8 Å². The molecular weight excluding hydrogens is 258 g/mol. The van der Waals surface area contributed by atoms with Gasteiger partial charge in [0, 0.05) is 0 Å². The average Bonchev–Trinajstić information content (AvgIpc) is 2.75. The van der Waals surface area contributed by atoms with E-state index in [4.69, 9.17) is 11.5 Å². The number of esters is 1. The molecule has 1 aromatic heterocycles. The number of amides is 2. The van der Waals surface area contributed by atoms with Crippen LogP contribution in [0.1, 0.15) is 16.1 Å². The van der Waals surface area contributed by atoms with E-state index in [0.717, 1.165) is 11.3 Å². The van der Waals surface area contributed by atoms with Crippen LogP contribution < -0.4 is 16.8 Å². The Bertz CT molecular complexity index is 471. The molecule has 0 fully saturated rings. The van der Waals surface area contributed by atoms with Crippen LogP contribution in [0.5, 0.6) is 0 Å². The zero-order valence-electron chi connectivity index (χ0n) is 9.64. The molecule has 2 amide bonds. The summed E-state index contributed by atoms with van der Waals surface area (Å²) in [6, 6.07) is 0.499. The lowest BCUT2D eigenvalue weighted by Crippen LogP contribution is -2.39. The first-order valence-electron chi connectivity index (χ1n) is 4.96. The predicted molar refractivity (Wildman–Crippen MR) is 66.1 cm³/mol. The molecule has 7 nitrogen and oxygen atoms in total. The van der Waals surface area contributed by atoms with Crippen molar-refractivity contribution in [3.63, 3.8) is 0 Å². The van der Waals surface area contributed by atoms with Crippen LogP contribution in [-0.4, -0.2) is 30.9 Å². The molecule has 0 radical (unpaired) electrons. The Morgan fingerprint density at radius 2 is 2.17 bits per heavy atom. The fourth-order valence-corrected chi connectivity index (χ4v) is 1.96. The molecule has 1 unspecified atom stereocenters. The summed E-state index contributed by atoms with van der Waals surface area (Å²) >= 11 is 1.13. The summed E-state index contributed by atoms with van der Waals surface area (Å²) in [6.45, 7) is 0. The summed E-state index contributed by atoms with van der Waals surface area (Å²) in [5.74, 6) is -1.81. The second-order valence-electron chi connectivity index (χ2n) is 3.42. The van der Waals surface area contributed by atoms with Crippen molar-refractivity contribution in [3.05, 3.63) is 16.3 Å². The Morgan fingerprint density at radius 3 is 2.72 bits per heavy atom. The third-order valence-corrected chi connectivity index (χ3v) is 2.95. The number of nitrogens with two attached hydrogens (primary N) is 2. The van der Waals surface area contributed by atoms with Gasteiger partial charge in [0.05, 0.1) is 25.3 Å². The third kappa shape index (κ3) is 3.54. The molecule has 1 heterocycles. The van der Waals surface area contributed by atoms with Gasteiger partial charge in [-0.3, -0.25) is 9.59 Å². The van der Waals surface area contributed by atoms with E-state index in [9.17, 15) is 14.4 Å². The van der Waals surface area contributed by atoms with E-state index in [-0.39, 0.29) is 11.3 Å². The second kappa shape index (κ2) is 6.12. The summed E-state index contributed by atoms with van der Waals surface area (Å²) < 4.78 is 4.56. The number of ether oxygens (including phenoxy) is 1. The fraction of sp³-hybridized carbons (Fsp3) is 0.300. The number of methoxy groups -OCH3 is 1. The van der Waals surface area contributed by atoms with Crippen LogP contribution in [0.4, 0.5) is 5.69 Å². The van der Waals surface area contributed by atoms with Crippen LogP contribution >= 0.6 is 11.3 Å². The Kier molecular flexibility index (Phi) is 4.81. The van der Waals surface area contributed by atoms with Crippen molar-refractivity contribution in [2.24, 2.45) is 11.5 Å². The van der Waals surface area contributed by atoms with Gasteiger partial charge in [-0.25, -0.2) is 4.79 Å². The third-order valence-electron chi connectivity index (χ3n) is 2.05. The number of carbonyl (C=O) groups is 3. The molecule has 1 atom stereocenters. The highest BCUT2D eigenvalue weighted by molar-refractivity contribution is 7.12. The number of carbonyl (C=O) groups excluding carboxylic acids is 3. The lowest BCUT2D eigenvalue weighted by Gasteiger charge is -2.10. The fourth-order valence-electron chi connectivity index (χ4n) is 1.19. The normalized spacial score (nSPS) is 11.7. The van der Waals surface area contributed by atoms with Gasteiger partial charge >= 0.3 is 5.97 Å². The van der Waals surface area contributed by atoms with E-state index >= 15 is 0 Å². The van der Waals surface area contributed by atoms with Crippen LogP contribution in [-0.2, 0) is 14.3 Å².